The van der Waals surface area contributed by atoms with Gasteiger partial charge in [0.2, 0.25) is 0 Å². The molecule has 0 unspecified atom stereocenters. The van der Waals surface area contributed by atoms with Crippen molar-refractivity contribution >= 4 is 22.2 Å². The summed E-state index contributed by atoms with van der Waals surface area (Å²) in [6.07, 6.45) is 0. The molecule has 1 aliphatic rings. The third-order valence-electron chi connectivity index (χ3n) is 3.99. The minimum absolute atomic E-state index is 0.368. The lowest BCUT2D eigenvalue weighted by Gasteiger charge is -2.36. The molecule has 1 aromatic heterocycles. The van der Waals surface area contributed by atoms with Crippen molar-refractivity contribution < 1.29 is 4.39 Å². The summed E-state index contributed by atoms with van der Waals surface area (Å²) in [7, 11) is 0. The number of anilines is 2. The maximum Gasteiger partial charge on any atom is 0.185 e. The van der Waals surface area contributed by atoms with Crippen LogP contribution in [0.2, 0.25) is 0 Å². The Morgan fingerprint density at radius 3 is 2.45 bits per heavy atom. The van der Waals surface area contributed by atoms with Gasteiger partial charge in [-0.1, -0.05) is 0 Å². The molecular formula is C16H17FN4S. The van der Waals surface area contributed by atoms with E-state index < -0.39 is 0 Å². The molecule has 1 fully saturated rings. The maximum absolute atomic E-state index is 13.2. The number of halogens is 1. The first-order valence-corrected chi connectivity index (χ1v) is 8.03. The van der Waals surface area contributed by atoms with Crippen LogP contribution in [-0.2, 0) is 0 Å². The van der Waals surface area contributed by atoms with Gasteiger partial charge in [-0.15, -0.1) is 11.3 Å². The van der Waals surface area contributed by atoms with Gasteiger partial charge < -0.3 is 9.80 Å². The second-order valence-electron chi connectivity index (χ2n) is 5.39. The number of piperazine rings is 1. The van der Waals surface area contributed by atoms with Crippen LogP contribution in [0, 0.1) is 31.0 Å². The van der Waals surface area contributed by atoms with E-state index in [0.717, 1.165) is 42.7 Å². The number of aromatic nitrogens is 1. The average Bonchev–Trinajstić information content (AvgIpc) is 2.87. The number of nitrogens with zero attached hydrogens (tertiary/aromatic N) is 4. The molecule has 1 aromatic carbocycles. The van der Waals surface area contributed by atoms with Crippen molar-refractivity contribution in [3.05, 3.63) is 40.2 Å². The quantitative estimate of drug-likeness (QED) is 0.854. The van der Waals surface area contributed by atoms with Crippen molar-refractivity contribution in [3.8, 4) is 6.07 Å². The molecule has 0 aliphatic carbocycles. The highest BCUT2D eigenvalue weighted by molar-refractivity contribution is 7.15. The van der Waals surface area contributed by atoms with E-state index in [2.05, 4.69) is 27.8 Å². The Bertz CT molecular complexity index is 707. The lowest BCUT2D eigenvalue weighted by molar-refractivity contribution is 0.624. The molecule has 3 rings (SSSR count). The Kier molecular flexibility index (Phi) is 3.99. The summed E-state index contributed by atoms with van der Waals surface area (Å²) in [6, 6.07) is 6.49. The van der Waals surface area contributed by atoms with E-state index in [1.807, 2.05) is 6.92 Å². The van der Waals surface area contributed by atoms with Gasteiger partial charge in [-0.3, -0.25) is 0 Å². The van der Waals surface area contributed by atoms with E-state index in [4.69, 9.17) is 0 Å². The smallest absolute Gasteiger partial charge is 0.185 e. The molecule has 22 heavy (non-hydrogen) atoms. The fourth-order valence-electron chi connectivity index (χ4n) is 2.60. The third-order valence-corrected chi connectivity index (χ3v) is 5.12. The first-order valence-electron chi connectivity index (χ1n) is 7.22. The zero-order valence-electron chi connectivity index (χ0n) is 12.6. The first kappa shape index (κ1) is 14.8. The van der Waals surface area contributed by atoms with Gasteiger partial charge in [0, 0.05) is 31.1 Å². The molecule has 0 atom stereocenters. The van der Waals surface area contributed by atoms with Gasteiger partial charge in [0.1, 0.15) is 11.9 Å². The topological polar surface area (TPSA) is 43.2 Å². The number of hydrogen-bond acceptors (Lipinski definition) is 5. The van der Waals surface area contributed by atoms with Crippen LogP contribution < -0.4 is 9.80 Å². The highest BCUT2D eigenvalue weighted by atomic mass is 32.1. The van der Waals surface area contributed by atoms with E-state index >= 15 is 0 Å². The summed E-state index contributed by atoms with van der Waals surface area (Å²) in [5.74, 6) is -0.368. The zero-order chi connectivity index (χ0) is 15.7. The molecule has 0 N–H and O–H groups in total. The largest absolute Gasteiger partial charge is 0.367 e. The number of hydrogen-bond donors (Lipinski definition) is 0. The average molecular weight is 316 g/mol. The van der Waals surface area contributed by atoms with Gasteiger partial charge in [0.15, 0.2) is 5.13 Å². The summed E-state index contributed by atoms with van der Waals surface area (Å²) in [6.45, 7) is 7.44. The Hall–Kier alpha value is -2.13. The molecule has 4 nitrogen and oxygen atoms in total. The number of thiazole rings is 1. The van der Waals surface area contributed by atoms with Gasteiger partial charge in [-0.2, -0.15) is 5.26 Å². The summed E-state index contributed by atoms with van der Waals surface area (Å²) in [5, 5.41) is 10.2. The second kappa shape index (κ2) is 5.93. The third kappa shape index (κ3) is 2.77. The molecule has 114 valence electrons. The SMILES string of the molecule is Cc1nc(N2CCN(c3ccc(F)cc3C#N)CC2)sc1C. The van der Waals surface area contributed by atoms with Crippen molar-refractivity contribution in [1.29, 1.82) is 5.26 Å². The molecule has 1 aliphatic heterocycles. The monoisotopic (exact) mass is 316 g/mol. The van der Waals surface area contributed by atoms with Crippen LogP contribution in [0.1, 0.15) is 16.1 Å². The Labute approximate surface area is 133 Å². The van der Waals surface area contributed by atoms with Gasteiger partial charge in [-0.05, 0) is 32.0 Å². The summed E-state index contributed by atoms with van der Waals surface area (Å²) >= 11 is 1.72. The van der Waals surface area contributed by atoms with Crippen LogP contribution in [0.15, 0.2) is 18.2 Å². The molecule has 0 radical (unpaired) electrons. The van der Waals surface area contributed by atoms with Crippen LogP contribution in [0.3, 0.4) is 0 Å². The van der Waals surface area contributed by atoms with E-state index in [1.165, 1.54) is 17.0 Å². The summed E-state index contributed by atoms with van der Waals surface area (Å²) in [5.41, 5.74) is 2.30. The van der Waals surface area contributed by atoms with Crippen LogP contribution in [-0.4, -0.2) is 31.2 Å². The lowest BCUT2D eigenvalue weighted by atomic mass is 10.1. The van der Waals surface area contributed by atoms with Crippen LogP contribution >= 0.6 is 11.3 Å². The van der Waals surface area contributed by atoms with E-state index in [9.17, 15) is 9.65 Å². The highest BCUT2D eigenvalue weighted by Gasteiger charge is 2.21. The van der Waals surface area contributed by atoms with E-state index in [0.29, 0.717) is 5.56 Å². The molecule has 0 amide bonds. The fraction of sp³-hybridized carbons (Fsp3) is 0.375. The second-order valence-corrected chi connectivity index (χ2v) is 6.57. The molecule has 0 saturated carbocycles. The van der Waals surface area contributed by atoms with Crippen molar-refractivity contribution in [2.75, 3.05) is 36.0 Å². The molecule has 0 bridgehead atoms. The van der Waals surface area contributed by atoms with Crippen LogP contribution in [0.25, 0.3) is 0 Å². The maximum atomic E-state index is 13.2. The minimum atomic E-state index is -0.368. The Morgan fingerprint density at radius 1 is 1.18 bits per heavy atom. The van der Waals surface area contributed by atoms with E-state index in [1.54, 1.807) is 17.4 Å². The number of nitriles is 1. The molecule has 1 saturated heterocycles. The highest BCUT2D eigenvalue weighted by Crippen LogP contribution is 2.28. The van der Waals surface area contributed by atoms with Crippen molar-refractivity contribution in [3.63, 3.8) is 0 Å². The van der Waals surface area contributed by atoms with Gasteiger partial charge >= 0.3 is 0 Å². The number of aryl methyl sites for hydroxylation is 2. The normalized spacial score (nSPS) is 15.0. The predicted molar refractivity (Wildman–Crippen MR) is 87.1 cm³/mol. The first-order chi connectivity index (χ1) is 10.6. The van der Waals surface area contributed by atoms with Crippen molar-refractivity contribution in [1.82, 2.24) is 4.98 Å². The molecule has 6 heteroatoms. The van der Waals surface area contributed by atoms with Gasteiger partial charge in [0.25, 0.3) is 0 Å². The molecule has 0 spiro atoms. The predicted octanol–water partition coefficient (Wildman–Crippen LogP) is 3.10. The van der Waals surface area contributed by atoms with Crippen molar-refractivity contribution in [2.24, 2.45) is 0 Å². The van der Waals surface area contributed by atoms with Gasteiger partial charge in [0.05, 0.1) is 16.9 Å². The van der Waals surface area contributed by atoms with E-state index in [-0.39, 0.29) is 5.82 Å². The summed E-state index contributed by atoms with van der Waals surface area (Å²) in [4.78, 5) is 10.3. The lowest BCUT2D eigenvalue weighted by Crippen LogP contribution is -2.46. The van der Waals surface area contributed by atoms with Gasteiger partial charge in [-0.25, -0.2) is 9.37 Å². The number of rotatable bonds is 2. The fourth-order valence-corrected chi connectivity index (χ4v) is 3.56. The Balaban J connectivity index is 1.73. The molecular weight excluding hydrogens is 299 g/mol. The number of benzene rings is 1. The van der Waals surface area contributed by atoms with Crippen LogP contribution in [0.5, 0.6) is 0 Å². The standard InChI is InChI=1S/C16H17FN4S/c1-11-12(2)22-16(19-11)21-7-5-20(6-8-21)15-4-3-14(17)9-13(15)10-18/h3-4,9H,5-8H2,1-2H3. The molecule has 2 heterocycles. The zero-order valence-corrected chi connectivity index (χ0v) is 13.5. The Morgan fingerprint density at radius 2 is 1.86 bits per heavy atom. The minimum Gasteiger partial charge on any atom is -0.367 e. The van der Waals surface area contributed by atoms with Crippen molar-refractivity contribution in [2.45, 2.75) is 13.8 Å². The van der Waals surface area contributed by atoms with Crippen LogP contribution in [0.4, 0.5) is 15.2 Å². The summed E-state index contributed by atoms with van der Waals surface area (Å²) < 4.78 is 13.2. The molecule has 2 aromatic rings.